The Morgan fingerprint density at radius 1 is 1.19 bits per heavy atom. The number of rotatable bonds is 0. The minimum absolute atomic E-state index is 0. The second-order valence-electron chi connectivity index (χ2n) is 3.26. The average molecular weight is 230 g/mol. The Kier molecular flexibility index (Phi) is 6.40. The molecule has 0 aliphatic carbocycles. The third kappa shape index (κ3) is 4.43. The van der Waals surface area contributed by atoms with Crippen molar-refractivity contribution in [2.45, 2.75) is 13.8 Å². The Hall–Kier alpha value is -1.37. The van der Waals surface area contributed by atoms with Crippen LogP contribution < -0.4 is 0 Å². The second kappa shape index (κ2) is 7.00. The van der Waals surface area contributed by atoms with E-state index in [9.17, 15) is 9.90 Å². The third-order valence-electron chi connectivity index (χ3n) is 1.61. The highest BCUT2D eigenvalue weighted by molar-refractivity contribution is 5.83. The van der Waals surface area contributed by atoms with Crippen LogP contribution >= 0.6 is 0 Å². The predicted molar refractivity (Wildman–Crippen MR) is 65.5 cm³/mol. The minimum Gasteiger partial charge on any atom is -0.506 e. The van der Waals surface area contributed by atoms with Crippen molar-refractivity contribution >= 4 is 34.0 Å². The smallest absolute Gasteiger partial charge is 0.141 e. The van der Waals surface area contributed by atoms with E-state index in [2.05, 4.69) is 4.98 Å². The molecule has 0 amide bonds. The molecule has 3 nitrogen and oxygen atoms in total. The summed E-state index contributed by atoms with van der Waals surface area (Å²) in [5.74, 6) is 0.406. The number of carbonyl (C=O) groups is 1. The highest BCUT2D eigenvalue weighted by Crippen LogP contribution is 2.20. The molecule has 0 aliphatic heterocycles. The van der Waals surface area contributed by atoms with Crippen molar-refractivity contribution in [3.05, 3.63) is 36.5 Å². The van der Waals surface area contributed by atoms with Crippen LogP contribution in [0.5, 0.6) is 5.75 Å². The Bertz CT molecular complexity index is 462. The van der Waals surface area contributed by atoms with Crippen molar-refractivity contribution in [3.8, 4) is 5.75 Å². The number of carbonyl (C=O) groups excluding carboxylic acids is 1. The van der Waals surface area contributed by atoms with E-state index in [1.165, 1.54) is 13.8 Å². The van der Waals surface area contributed by atoms with Gasteiger partial charge in [-0.15, -0.1) is 0 Å². The zero-order valence-corrected chi connectivity index (χ0v) is 10.5. The number of para-hydroxylation sites is 1. The number of pyridine rings is 1. The van der Waals surface area contributed by atoms with Gasteiger partial charge in [0.25, 0.3) is 0 Å². The number of ketones is 1. The number of aromatic nitrogens is 1. The topological polar surface area (TPSA) is 50.2 Å². The Labute approximate surface area is 105 Å². The lowest BCUT2D eigenvalue weighted by Gasteiger charge is -1.96. The monoisotopic (exact) mass is 230 g/mol. The molecule has 2 rings (SSSR count). The molecule has 3 radical (unpaired) electrons. The molecule has 4 heteroatoms. The van der Waals surface area contributed by atoms with E-state index in [0.29, 0.717) is 5.52 Å². The normalized spacial score (nSPS) is 8.62. The molecule has 1 N–H and O–H groups in total. The van der Waals surface area contributed by atoms with Gasteiger partial charge in [0.2, 0.25) is 0 Å². The summed E-state index contributed by atoms with van der Waals surface area (Å²) in [4.78, 5) is 13.5. The summed E-state index contributed by atoms with van der Waals surface area (Å²) >= 11 is 0. The van der Waals surface area contributed by atoms with Gasteiger partial charge in [-0.1, -0.05) is 18.2 Å². The first kappa shape index (κ1) is 14.6. The van der Waals surface area contributed by atoms with Crippen LogP contribution in [0, 0.1) is 0 Å². The molecule has 0 saturated carbocycles. The van der Waals surface area contributed by atoms with Crippen LogP contribution in [0.1, 0.15) is 13.8 Å². The van der Waals surface area contributed by atoms with Gasteiger partial charge < -0.3 is 9.90 Å². The number of phenols is 1. The fraction of sp³-hybridized carbons (Fsp3) is 0.167. The van der Waals surface area contributed by atoms with Crippen LogP contribution in [-0.4, -0.2) is 33.2 Å². The average Bonchev–Trinajstić information content (AvgIpc) is 2.18. The first-order chi connectivity index (χ1) is 7.11. The lowest BCUT2D eigenvalue weighted by atomic mass is 10.2. The lowest BCUT2D eigenvalue weighted by Crippen LogP contribution is -1.76. The van der Waals surface area contributed by atoms with E-state index in [-0.39, 0.29) is 28.9 Å². The molecule has 0 saturated heterocycles. The zero-order valence-electron chi connectivity index (χ0n) is 9.34. The predicted octanol–water partition coefficient (Wildman–Crippen LogP) is 2.15. The molecular weight excluding hydrogens is 217 g/mol. The maximum absolute atomic E-state index is 9.44. The Morgan fingerprint density at radius 3 is 2.31 bits per heavy atom. The summed E-state index contributed by atoms with van der Waals surface area (Å²) < 4.78 is 0. The van der Waals surface area contributed by atoms with Gasteiger partial charge in [-0.2, -0.15) is 0 Å². The molecule has 0 unspecified atom stereocenters. The summed E-state index contributed by atoms with van der Waals surface area (Å²) in [5.41, 5.74) is 0.662. The van der Waals surface area contributed by atoms with Crippen molar-refractivity contribution in [1.29, 1.82) is 0 Å². The van der Waals surface area contributed by atoms with Crippen LogP contribution in [0.2, 0.25) is 0 Å². The number of benzene rings is 1. The van der Waals surface area contributed by atoms with Gasteiger partial charge in [-0.3, -0.25) is 4.98 Å². The molecule has 1 aromatic heterocycles. The van der Waals surface area contributed by atoms with Gasteiger partial charge in [-0.25, -0.2) is 0 Å². The maximum atomic E-state index is 9.44. The van der Waals surface area contributed by atoms with Gasteiger partial charge in [0.05, 0.1) is 0 Å². The molecule has 1 heterocycles. The van der Waals surface area contributed by atoms with Crippen molar-refractivity contribution in [2.24, 2.45) is 0 Å². The quantitative estimate of drug-likeness (QED) is 0.705. The number of fused-ring (bicyclic) bond motifs is 1. The SMILES string of the molecule is CC(C)=O.Oc1cccc2cccnc12.[Al]. The summed E-state index contributed by atoms with van der Waals surface area (Å²) in [5, 5.41) is 10.3. The van der Waals surface area contributed by atoms with E-state index in [1.54, 1.807) is 18.3 Å². The molecule has 0 fully saturated rings. The van der Waals surface area contributed by atoms with Gasteiger partial charge >= 0.3 is 0 Å². The molecular formula is C12H13AlNO2. The summed E-state index contributed by atoms with van der Waals surface area (Å²) in [7, 11) is 0. The van der Waals surface area contributed by atoms with Crippen molar-refractivity contribution < 1.29 is 9.90 Å². The number of phenolic OH excluding ortho intramolecular Hbond substituents is 1. The summed E-state index contributed by atoms with van der Waals surface area (Å²) in [6, 6.07) is 9.13. The number of hydrogen-bond acceptors (Lipinski definition) is 3. The van der Waals surface area contributed by atoms with Gasteiger partial charge in [0, 0.05) is 28.9 Å². The van der Waals surface area contributed by atoms with Crippen LogP contribution in [0.4, 0.5) is 0 Å². The molecule has 2 aromatic rings. The molecule has 0 spiro atoms. The standard InChI is InChI=1S/C9H7NO.C3H6O.Al/c11-8-5-1-3-7-4-2-6-10-9(7)8;1-3(2)4;/h1-6,11H;1-2H3;. The first-order valence-corrected chi connectivity index (χ1v) is 4.61. The minimum atomic E-state index is 0. The van der Waals surface area contributed by atoms with Crippen LogP contribution in [0.3, 0.4) is 0 Å². The highest BCUT2D eigenvalue weighted by Gasteiger charge is 1.96. The van der Waals surface area contributed by atoms with E-state index in [1.807, 2.05) is 18.2 Å². The maximum Gasteiger partial charge on any atom is 0.141 e. The van der Waals surface area contributed by atoms with Crippen molar-refractivity contribution in [2.75, 3.05) is 0 Å². The van der Waals surface area contributed by atoms with Crippen LogP contribution in [-0.2, 0) is 4.79 Å². The van der Waals surface area contributed by atoms with Crippen LogP contribution in [0.25, 0.3) is 10.9 Å². The number of Topliss-reactive ketones (excluding diaryl/α,β-unsaturated/α-hetero) is 1. The fourth-order valence-electron chi connectivity index (χ4n) is 1.09. The van der Waals surface area contributed by atoms with Crippen molar-refractivity contribution in [1.82, 2.24) is 4.98 Å². The zero-order chi connectivity index (χ0) is 11.3. The van der Waals surface area contributed by atoms with Crippen molar-refractivity contribution in [3.63, 3.8) is 0 Å². The molecule has 0 atom stereocenters. The van der Waals surface area contributed by atoms with Gasteiger partial charge in [0.1, 0.15) is 17.0 Å². The number of nitrogens with zero attached hydrogens (tertiary/aromatic N) is 1. The van der Waals surface area contributed by atoms with Crippen LogP contribution in [0.15, 0.2) is 36.5 Å². The van der Waals surface area contributed by atoms with E-state index in [4.69, 9.17) is 0 Å². The Morgan fingerprint density at radius 2 is 1.75 bits per heavy atom. The molecule has 16 heavy (non-hydrogen) atoms. The molecule has 0 bridgehead atoms. The number of aromatic hydroxyl groups is 1. The summed E-state index contributed by atoms with van der Waals surface area (Å²) in [6.45, 7) is 3.06. The van der Waals surface area contributed by atoms with Gasteiger partial charge in [0.15, 0.2) is 0 Å². The number of hydrogen-bond donors (Lipinski definition) is 1. The van der Waals surface area contributed by atoms with E-state index >= 15 is 0 Å². The molecule has 81 valence electrons. The summed E-state index contributed by atoms with van der Waals surface area (Å²) in [6.07, 6.45) is 1.67. The van der Waals surface area contributed by atoms with E-state index < -0.39 is 0 Å². The second-order valence-corrected chi connectivity index (χ2v) is 3.26. The van der Waals surface area contributed by atoms with E-state index in [0.717, 1.165) is 5.39 Å². The highest BCUT2D eigenvalue weighted by atomic mass is 27.0. The fourth-order valence-corrected chi connectivity index (χ4v) is 1.09. The molecule has 1 aromatic carbocycles. The Balaban J connectivity index is 0.000000397. The van der Waals surface area contributed by atoms with Gasteiger partial charge in [-0.05, 0) is 26.0 Å². The molecule has 0 aliphatic rings. The first-order valence-electron chi connectivity index (χ1n) is 4.61. The third-order valence-corrected chi connectivity index (χ3v) is 1.61. The largest absolute Gasteiger partial charge is 0.506 e. The lowest BCUT2D eigenvalue weighted by molar-refractivity contribution is -0.114.